The zero-order valence-corrected chi connectivity index (χ0v) is 13.4. The summed E-state index contributed by atoms with van der Waals surface area (Å²) in [4.78, 5) is 0. The number of para-hydroxylation sites is 2. The number of fused-ring (bicyclic) bond motifs is 1. The van der Waals surface area contributed by atoms with Crippen LogP contribution in [0.2, 0.25) is 0 Å². The van der Waals surface area contributed by atoms with Crippen molar-refractivity contribution in [3.63, 3.8) is 0 Å². The molecular formula is C20H17N3O. The van der Waals surface area contributed by atoms with Crippen molar-refractivity contribution in [3.8, 4) is 28.8 Å². The van der Waals surface area contributed by atoms with Crippen molar-refractivity contribution in [2.75, 3.05) is 7.11 Å². The van der Waals surface area contributed by atoms with Crippen LogP contribution in [0.4, 0.5) is 0 Å². The fourth-order valence-electron chi connectivity index (χ4n) is 3.39. The van der Waals surface area contributed by atoms with Crippen molar-refractivity contribution in [2.45, 2.75) is 12.8 Å². The van der Waals surface area contributed by atoms with Crippen LogP contribution in [0.1, 0.15) is 11.3 Å². The summed E-state index contributed by atoms with van der Waals surface area (Å²) < 4.78 is 7.49. The fourth-order valence-corrected chi connectivity index (χ4v) is 3.39. The number of hydrogen-bond acceptors (Lipinski definition) is 3. The molecule has 0 saturated carbocycles. The SMILES string of the molecule is COc1ccccc1-n1nc2c(c1-c1ccccc1)CC(C#N)C2. The largest absolute Gasteiger partial charge is 0.494 e. The van der Waals surface area contributed by atoms with Crippen LogP contribution in [0, 0.1) is 17.2 Å². The van der Waals surface area contributed by atoms with E-state index in [-0.39, 0.29) is 5.92 Å². The average molecular weight is 315 g/mol. The Labute approximate surface area is 140 Å². The Balaban J connectivity index is 1.95. The number of nitriles is 1. The molecule has 1 atom stereocenters. The normalized spacial score (nSPS) is 15.8. The van der Waals surface area contributed by atoms with Gasteiger partial charge in [0, 0.05) is 17.5 Å². The molecular weight excluding hydrogens is 298 g/mol. The first-order valence-electron chi connectivity index (χ1n) is 8.01. The van der Waals surface area contributed by atoms with Crippen LogP contribution in [0.25, 0.3) is 16.9 Å². The third-order valence-electron chi connectivity index (χ3n) is 4.50. The highest BCUT2D eigenvalue weighted by Gasteiger charge is 2.30. The lowest BCUT2D eigenvalue weighted by Crippen LogP contribution is -2.05. The monoisotopic (exact) mass is 315 g/mol. The maximum absolute atomic E-state index is 9.28. The van der Waals surface area contributed by atoms with Gasteiger partial charge in [-0.3, -0.25) is 0 Å². The van der Waals surface area contributed by atoms with Crippen LogP contribution in [0.5, 0.6) is 5.75 Å². The standard InChI is InChI=1S/C20H17N3O/c1-24-19-10-6-5-9-18(19)23-20(15-7-3-2-4-8-15)16-11-14(13-21)12-17(16)22-23/h2-10,14H,11-12H2,1H3. The number of rotatable bonds is 3. The van der Waals surface area contributed by atoms with E-state index in [1.165, 1.54) is 5.56 Å². The van der Waals surface area contributed by atoms with Crippen molar-refractivity contribution in [1.29, 1.82) is 5.26 Å². The second kappa shape index (κ2) is 5.86. The lowest BCUT2D eigenvalue weighted by molar-refractivity contribution is 0.411. The molecule has 1 aromatic heterocycles. The summed E-state index contributed by atoms with van der Waals surface area (Å²) in [5.41, 5.74) is 5.29. The van der Waals surface area contributed by atoms with Crippen molar-refractivity contribution in [2.24, 2.45) is 5.92 Å². The zero-order valence-electron chi connectivity index (χ0n) is 13.4. The van der Waals surface area contributed by atoms with E-state index in [1.54, 1.807) is 7.11 Å². The molecule has 0 fully saturated rings. The second-order valence-electron chi connectivity index (χ2n) is 5.96. The van der Waals surface area contributed by atoms with Gasteiger partial charge in [-0.25, -0.2) is 4.68 Å². The molecule has 1 aliphatic rings. The van der Waals surface area contributed by atoms with Crippen molar-refractivity contribution in [3.05, 3.63) is 65.9 Å². The smallest absolute Gasteiger partial charge is 0.144 e. The van der Waals surface area contributed by atoms with Gasteiger partial charge in [-0.05, 0) is 18.6 Å². The molecule has 0 amide bonds. The van der Waals surface area contributed by atoms with Gasteiger partial charge in [-0.15, -0.1) is 0 Å². The molecule has 4 rings (SSSR count). The van der Waals surface area contributed by atoms with Crippen LogP contribution in [-0.4, -0.2) is 16.9 Å². The lowest BCUT2D eigenvalue weighted by atomic mass is 10.0. The first-order valence-corrected chi connectivity index (χ1v) is 8.01. The van der Waals surface area contributed by atoms with E-state index in [2.05, 4.69) is 18.2 Å². The molecule has 4 heteroatoms. The van der Waals surface area contributed by atoms with Crippen LogP contribution < -0.4 is 4.74 Å². The minimum absolute atomic E-state index is 0.0253. The minimum Gasteiger partial charge on any atom is -0.494 e. The molecule has 0 N–H and O–H groups in total. The molecule has 24 heavy (non-hydrogen) atoms. The van der Waals surface area contributed by atoms with Gasteiger partial charge < -0.3 is 4.74 Å². The maximum atomic E-state index is 9.28. The molecule has 0 aliphatic heterocycles. The predicted octanol–water partition coefficient (Wildman–Crippen LogP) is 3.79. The van der Waals surface area contributed by atoms with Crippen LogP contribution in [0.3, 0.4) is 0 Å². The number of nitrogens with zero attached hydrogens (tertiary/aromatic N) is 3. The summed E-state index contributed by atoms with van der Waals surface area (Å²) in [5.74, 6) is 0.810. The average Bonchev–Trinajstić information content (AvgIpc) is 3.19. The van der Waals surface area contributed by atoms with Gasteiger partial charge in [0.1, 0.15) is 11.4 Å². The topological polar surface area (TPSA) is 50.8 Å². The van der Waals surface area contributed by atoms with E-state index in [9.17, 15) is 5.26 Å². The van der Waals surface area contributed by atoms with E-state index in [1.807, 2.05) is 47.1 Å². The first kappa shape index (κ1) is 14.5. The number of methoxy groups -OCH3 is 1. The molecule has 0 spiro atoms. The molecule has 1 unspecified atom stereocenters. The first-order chi connectivity index (χ1) is 11.8. The molecule has 0 radical (unpaired) electrons. The zero-order chi connectivity index (χ0) is 16.5. The molecule has 4 nitrogen and oxygen atoms in total. The molecule has 0 bridgehead atoms. The lowest BCUT2D eigenvalue weighted by Gasteiger charge is -2.13. The van der Waals surface area contributed by atoms with E-state index < -0.39 is 0 Å². The molecule has 1 aliphatic carbocycles. The van der Waals surface area contributed by atoms with Gasteiger partial charge in [-0.2, -0.15) is 10.4 Å². The molecule has 1 heterocycles. The third kappa shape index (κ3) is 2.26. The Kier molecular flexibility index (Phi) is 3.55. The molecule has 118 valence electrons. The Bertz CT molecular complexity index is 922. The van der Waals surface area contributed by atoms with Crippen molar-refractivity contribution in [1.82, 2.24) is 9.78 Å². The summed E-state index contributed by atoms with van der Waals surface area (Å²) in [6.45, 7) is 0. The number of benzene rings is 2. The van der Waals surface area contributed by atoms with Crippen LogP contribution in [-0.2, 0) is 12.8 Å². The summed E-state index contributed by atoms with van der Waals surface area (Å²) >= 11 is 0. The van der Waals surface area contributed by atoms with Gasteiger partial charge >= 0.3 is 0 Å². The molecule has 0 saturated heterocycles. The van der Waals surface area contributed by atoms with Gasteiger partial charge in [0.2, 0.25) is 0 Å². The predicted molar refractivity (Wildman–Crippen MR) is 92.1 cm³/mol. The highest BCUT2D eigenvalue weighted by Crippen LogP contribution is 2.37. The number of hydrogen-bond donors (Lipinski definition) is 0. The van der Waals surface area contributed by atoms with Crippen molar-refractivity contribution < 1.29 is 4.74 Å². The summed E-state index contributed by atoms with van der Waals surface area (Å²) in [7, 11) is 1.67. The van der Waals surface area contributed by atoms with E-state index in [0.717, 1.165) is 34.8 Å². The second-order valence-corrected chi connectivity index (χ2v) is 5.96. The highest BCUT2D eigenvalue weighted by atomic mass is 16.5. The Morgan fingerprint density at radius 1 is 1.08 bits per heavy atom. The Morgan fingerprint density at radius 2 is 1.83 bits per heavy atom. The minimum atomic E-state index is 0.0253. The van der Waals surface area contributed by atoms with E-state index in [0.29, 0.717) is 6.42 Å². The van der Waals surface area contributed by atoms with Gasteiger partial charge in [0.25, 0.3) is 0 Å². The summed E-state index contributed by atoms with van der Waals surface area (Å²) in [6, 6.07) is 20.5. The van der Waals surface area contributed by atoms with E-state index >= 15 is 0 Å². The van der Waals surface area contributed by atoms with Crippen molar-refractivity contribution >= 4 is 0 Å². The highest BCUT2D eigenvalue weighted by molar-refractivity contribution is 5.69. The van der Waals surface area contributed by atoms with Gasteiger partial charge in [0.05, 0.1) is 30.5 Å². The quantitative estimate of drug-likeness (QED) is 0.739. The van der Waals surface area contributed by atoms with Gasteiger partial charge in [-0.1, -0.05) is 42.5 Å². The van der Waals surface area contributed by atoms with Crippen LogP contribution >= 0.6 is 0 Å². The Morgan fingerprint density at radius 3 is 2.58 bits per heavy atom. The number of aromatic nitrogens is 2. The third-order valence-corrected chi connectivity index (χ3v) is 4.50. The molecule has 2 aromatic carbocycles. The van der Waals surface area contributed by atoms with E-state index in [4.69, 9.17) is 9.84 Å². The van der Waals surface area contributed by atoms with Gasteiger partial charge in [0.15, 0.2) is 0 Å². The summed E-state index contributed by atoms with van der Waals surface area (Å²) in [6.07, 6.45) is 1.47. The maximum Gasteiger partial charge on any atom is 0.144 e. The van der Waals surface area contributed by atoms with Crippen LogP contribution in [0.15, 0.2) is 54.6 Å². The fraction of sp³-hybridized carbons (Fsp3) is 0.200. The Hall–Kier alpha value is -3.06. The molecule has 3 aromatic rings. The summed E-state index contributed by atoms with van der Waals surface area (Å²) in [5, 5.41) is 14.1. The number of ether oxygens (including phenoxy) is 1.